The van der Waals surface area contributed by atoms with Gasteiger partial charge in [0.15, 0.2) is 0 Å². The number of benzene rings is 1. The average Bonchev–Trinajstić information content (AvgIpc) is 2.83. The first-order valence-electron chi connectivity index (χ1n) is 7.03. The van der Waals surface area contributed by atoms with Crippen LogP contribution in [-0.4, -0.2) is 25.2 Å². The van der Waals surface area contributed by atoms with E-state index in [1.165, 1.54) is 13.4 Å². The molecular formula is C18H19NO4. The van der Waals surface area contributed by atoms with E-state index >= 15 is 0 Å². The van der Waals surface area contributed by atoms with E-state index in [0.717, 1.165) is 11.1 Å². The number of allylic oxidation sites excluding steroid dienone is 3. The molecule has 2 rings (SSSR count). The molecule has 1 heterocycles. The molecule has 1 aliphatic heterocycles. The zero-order valence-electron chi connectivity index (χ0n) is 13.3. The number of phenols is 1. The first-order chi connectivity index (χ1) is 11.0. The van der Waals surface area contributed by atoms with Crippen LogP contribution in [0.5, 0.6) is 5.75 Å². The quantitative estimate of drug-likeness (QED) is 0.648. The topological polar surface area (TPSA) is 67.8 Å². The van der Waals surface area contributed by atoms with E-state index < -0.39 is 0 Å². The molecule has 1 amide bonds. The van der Waals surface area contributed by atoms with Crippen molar-refractivity contribution in [3.8, 4) is 5.75 Å². The summed E-state index contributed by atoms with van der Waals surface area (Å²) in [6, 6.07) is 6.63. The SMILES string of the molecule is CO/C=C/C1=C(/C=C(\C)OC)C(=C\c2ccc(O)cc2)/C(=O)N1. The first kappa shape index (κ1) is 16.4. The van der Waals surface area contributed by atoms with Crippen LogP contribution in [0.4, 0.5) is 0 Å². The van der Waals surface area contributed by atoms with Gasteiger partial charge >= 0.3 is 0 Å². The third-order valence-electron chi connectivity index (χ3n) is 3.32. The molecule has 0 radical (unpaired) electrons. The Kier molecular flexibility index (Phi) is 5.25. The Morgan fingerprint density at radius 2 is 1.91 bits per heavy atom. The van der Waals surface area contributed by atoms with Crippen LogP contribution in [0.2, 0.25) is 0 Å². The highest BCUT2D eigenvalue weighted by Gasteiger charge is 2.24. The Hall–Kier alpha value is -2.95. The van der Waals surface area contributed by atoms with Gasteiger partial charge in [-0.2, -0.15) is 0 Å². The van der Waals surface area contributed by atoms with Crippen LogP contribution in [0, 0.1) is 0 Å². The monoisotopic (exact) mass is 313 g/mol. The Balaban J connectivity index is 2.50. The van der Waals surface area contributed by atoms with Crippen molar-refractivity contribution in [1.82, 2.24) is 5.32 Å². The molecule has 0 aromatic heterocycles. The lowest BCUT2D eigenvalue weighted by Gasteiger charge is -2.03. The van der Waals surface area contributed by atoms with Crippen molar-refractivity contribution in [2.24, 2.45) is 0 Å². The zero-order chi connectivity index (χ0) is 16.8. The van der Waals surface area contributed by atoms with E-state index in [1.54, 1.807) is 49.6 Å². The van der Waals surface area contributed by atoms with Gasteiger partial charge < -0.3 is 19.9 Å². The number of ether oxygens (including phenoxy) is 2. The van der Waals surface area contributed by atoms with Crippen molar-refractivity contribution >= 4 is 12.0 Å². The maximum atomic E-state index is 12.3. The van der Waals surface area contributed by atoms with Gasteiger partial charge in [0.25, 0.3) is 5.91 Å². The highest BCUT2D eigenvalue weighted by atomic mass is 16.5. The Labute approximate surface area is 135 Å². The van der Waals surface area contributed by atoms with Crippen LogP contribution in [-0.2, 0) is 14.3 Å². The number of phenolic OH excluding ortho intramolecular Hbond substituents is 1. The molecule has 2 N–H and O–H groups in total. The largest absolute Gasteiger partial charge is 0.508 e. The summed E-state index contributed by atoms with van der Waals surface area (Å²) in [4.78, 5) is 12.3. The summed E-state index contributed by atoms with van der Waals surface area (Å²) in [7, 11) is 3.11. The average molecular weight is 313 g/mol. The maximum absolute atomic E-state index is 12.3. The number of carbonyl (C=O) groups is 1. The summed E-state index contributed by atoms with van der Waals surface area (Å²) in [5.41, 5.74) is 2.68. The Bertz CT molecular complexity index is 709. The maximum Gasteiger partial charge on any atom is 0.256 e. The van der Waals surface area contributed by atoms with Gasteiger partial charge in [0.1, 0.15) is 5.75 Å². The molecule has 5 nitrogen and oxygen atoms in total. The smallest absolute Gasteiger partial charge is 0.256 e. The fourth-order valence-corrected chi connectivity index (χ4v) is 2.09. The number of nitrogens with one attached hydrogen (secondary N) is 1. The number of rotatable bonds is 5. The Morgan fingerprint density at radius 1 is 1.22 bits per heavy atom. The van der Waals surface area contributed by atoms with Crippen molar-refractivity contribution in [3.63, 3.8) is 0 Å². The zero-order valence-corrected chi connectivity index (χ0v) is 13.3. The minimum Gasteiger partial charge on any atom is -0.508 e. The molecular weight excluding hydrogens is 294 g/mol. The van der Waals surface area contributed by atoms with E-state index in [1.807, 2.05) is 6.92 Å². The van der Waals surface area contributed by atoms with Gasteiger partial charge in [-0.25, -0.2) is 0 Å². The summed E-state index contributed by atoms with van der Waals surface area (Å²) >= 11 is 0. The minimum absolute atomic E-state index is 0.178. The number of aromatic hydroxyl groups is 1. The van der Waals surface area contributed by atoms with E-state index in [-0.39, 0.29) is 11.7 Å². The van der Waals surface area contributed by atoms with E-state index in [0.29, 0.717) is 17.0 Å². The molecule has 0 unspecified atom stereocenters. The normalized spacial score (nSPS) is 17.1. The number of amides is 1. The molecule has 23 heavy (non-hydrogen) atoms. The lowest BCUT2D eigenvalue weighted by Crippen LogP contribution is -2.15. The molecule has 1 aromatic rings. The fraction of sp³-hybridized carbons (Fsp3) is 0.167. The molecule has 5 heteroatoms. The summed E-state index contributed by atoms with van der Waals surface area (Å²) < 4.78 is 10.1. The standard InChI is InChI=1S/C18H19NO4/c1-12(23-3)10-15-16(11-13-4-6-14(20)7-5-13)18(21)19-17(15)8-9-22-2/h4-11,20H,1-3H3,(H,19,21)/b9-8+,12-10+,16-11+. The molecule has 0 atom stereocenters. The van der Waals surface area contributed by atoms with E-state index in [2.05, 4.69) is 5.32 Å². The van der Waals surface area contributed by atoms with Crippen molar-refractivity contribution in [2.75, 3.05) is 14.2 Å². The third-order valence-corrected chi connectivity index (χ3v) is 3.32. The van der Waals surface area contributed by atoms with Crippen LogP contribution in [0.15, 0.2) is 65.3 Å². The van der Waals surface area contributed by atoms with Crippen molar-refractivity contribution < 1.29 is 19.4 Å². The minimum atomic E-state index is -0.205. The predicted octanol–water partition coefficient (Wildman–Crippen LogP) is 2.87. The van der Waals surface area contributed by atoms with Crippen molar-refractivity contribution in [2.45, 2.75) is 6.92 Å². The van der Waals surface area contributed by atoms with E-state index in [9.17, 15) is 9.90 Å². The van der Waals surface area contributed by atoms with Gasteiger partial charge in [0.05, 0.1) is 31.9 Å². The predicted molar refractivity (Wildman–Crippen MR) is 88.2 cm³/mol. The molecule has 0 fully saturated rings. The highest BCUT2D eigenvalue weighted by molar-refractivity contribution is 6.07. The van der Waals surface area contributed by atoms with Gasteiger partial charge in [-0.15, -0.1) is 0 Å². The lowest BCUT2D eigenvalue weighted by molar-refractivity contribution is -0.115. The molecule has 0 saturated carbocycles. The highest BCUT2D eigenvalue weighted by Crippen LogP contribution is 2.27. The van der Waals surface area contributed by atoms with Crippen molar-refractivity contribution in [1.29, 1.82) is 0 Å². The molecule has 1 aromatic carbocycles. The van der Waals surface area contributed by atoms with Crippen LogP contribution < -0.4 is 5.32 Å². The second-order valence-electron chi connectivity index (χ2n) is 4.93. The summed E-state index contributed by atoms with van der Waals surface area (Å²) in [5.74, 6) is 0.651. The Morgan fingerprint density at radius 3 is 2.52 bits per heavy atom. The van der Waals surface area contributed by atoms with Gasteiger partial charge in [-0.1, -0.05) is 12.1 Å². The summed E-state index contributed by atoms with van der Waals surface area (Å²) in [6.45, 7) is 1.81. The lowest BCUT2D eigenvalue weighted by atomic mass is 10.0. The van der Waals surface area contributed by atoms with Crippen molar-refractivity contribution in [3.05, 3.63) is 70.8 Å². The van der Waals surface area contributed by atoms with Crippen LogP contribution in [0.3, 0.4) is 0 Å². The summed E-state index contributed by atoms with van der Waals surface area (Å²) in [6.07, 6.45) is 6.73. The van der Waals surface area contributed by atoms with Crippen LogP contribution in [0.1, 0.15) is 12.5 Å². The molecule has 120 valence electrons. The third kappa shape index (κ3) is 4.03. The van der Waals surface area contributed by atoms with Gasteiger partial charge in [-0.3, -0.25) is 4.79 Å². The number of hydrogen-bond donors (Lipinski definition) is 2. The molecule has 0 saturated heterocycles. The second-order valence-corrected chi connectivity index (χ2v) is 4.93. The fourth-order valence-electron chi connectivity index (χ4n) is 2.09. The molecule has 0 aliphatic carbocycles. The van der Waals surface area contributed by atoms with Crippen LogP contribution in [0.25, 0.3) is 6.08 Å². The second kappa shape index (κ2) is 7.35. The molecule has 0 spiro atoms. The molecule has 1 aliphatic rings. The van der Waals surface area contributed by atoms with Gasteiger partial charge in [0.2, 0.25) is 0 Å². The first-order valence-corrected chi connectivity index (χ1v) is 7.03. The number of methoxy groups -OCH3 is 2. The van der Waals surface area contributed by atoms with Gasteiger partial charge in [-0.05, 0) is 42.8 Å². The van der Waals surface area contributed by atoms with Gasteiger partial charge in [0, 0.05) is 11.1 Å². The molecule has 0 bridgehead atoms. The summed E-state index contributed by atoms with van der Waals surface area (Å²) in [5, 5.41) is 12.2. The number of hydrogen-bond acceptors (Lipinski definition) is 4. The van der Waals surface area contributed by atoms with E-state index in [4.69, 9.17) is 9.47 Å². The number of carbonyl (C=O) groups excluding carboxylic acids is 1. The van der Waals surface area contributed by atoms with Crippen LogP contribution >= 0.6 is 0 Å².